The molecule has 1 atom stereocenters. The van der Waals surface area contributed by atoms with Crippen LogP contribution in [0.3, 0.4) is 0 Å². The number of halogens is 1. The number of carbonyl (C=O) groups excluding carboxylic acids is 1. The molecule has 1 aliphatic rings. The van der Waals surface area contributed by atoms with Crippen molar-refractivity contribution in [1.82, 2.24) is 14.9 Å². The summed E-state index contributed by atoms with van der Waals surface area (Å²) in [5, 5.41) is 0.526. The highest BCUT2D eigenvalue weighted by atomic mass is 35.5. The first-order valence-electron chi connectivity index (χ1n) is 5.49. The molecule has 17 heavy (non-hydrogen) atoms. The van der Waals surface area contributed by atoms with E-state index in [-0.39, 0.29) is 5.91 Å². The predicted molar refractivity (Wildman–Crippen MR) is 66.1 cm³/mol. The number of amides is 1. The van der Waals surface area contributed by atoms with Crippen LogP contribution in [0.1, 0.15) is 6.42 Å². The fourth-order valence-electron chi connectivity index (χ4n) is 2.05. The number of hydrogen-bond donors (Lipinski definition) is 0. The highest BCUT2D eigenvalue weighted by Gasteiger charge is 2.27. The minimum Gasteiger partial charge on any atom is -0.345 e. The van der Waals surface area contributed by atoms with Gasteiger partial charge in [-0.05, 0) is 0 Å². The molecular formula is C11H15ClN4O. The monoisotopic (exact) mass is 254 g/mol. The van der Waals surface area contributed by atoms with Gasteiger partial charge >= 0.3 is 0 Å². The smallest absolute Gasteiger partial charge is 0.225 e. The molecule has 6 heteroatoms. The number of nitrogens with zero attached hydrogens (tertiary/aromatic N) is 4. The van der Waals surface area contributed by atoms with Gasteiger partial charge in [0.2, 0.25) is 11.9 Å². The number of likely N-dealkylation sites (tertiary alicyclic amines) is 1. The Labute approximate surface area is 105 Å². The summed E-state index contributed by atoms with van der Waals surface area (Å²) < 4.78 is 0. The molecule has 0 saturated carbocycles. The van der Waals surface area contributed by atoms with Crippen molar-refractivity contribution in [2.24, 2.45) is 5.92 Å². The molecule has 1 aromatic rings. The lowest BCUT2D eigenvalue weighted by molar-refractivity contribution is -0.126. The number of anilines is 1. The molecule has 92 valence electrons. The Bertz CT molecular complexity index is 408. The first-order valence-corrected chi connectivity index (χ1v) is 5.86. The summed E-state index contributed by atoms with van der Waals surface area (Å²) in [6.45, 7) is 1.58. The molecule has 0 radical (unpaired) electrons. The van der Waals surface area contributed by atoms with Gasteiger partial charge in [-0.15, -0.1) is 0 Å². The van der Waals surface area contributed by atoms with Crippen molar-refractivity contribution >= 4 is 23.5 Å². The van der Waals surface area contributed by atoms with Crippen molar-refractivity contribution in [2.75, 3.05) is 32.1 Å². The lowest BCUT2D eigenvalue weighted by Crippen LogP contribution is -2.28. The third-order valence-electron chi connectivity index (χ3n) is 2.90. The quantitative estimate of drug-likeness (QED) is 0.809. The van der Waals surface area contributed by atoms with Crippen molar-refractivity contribution in [3.63, 3.8) is 0 Å². The molecule has 1 saturated heterocycles. The molecule has 0 aromatic carbocycles. The molecule has 0 aliphatic carbocycles. The Morgan fingerprint density at radius 1 is 1.53 bits per heavy atom. The van der Waals surface area contributed by atoms with E-state index in [1.807, 2.05) is 19.0 Å². The van der Waals surface area contributed by atoms with Gasteiger partial charge in [0, 0.05) is 39.5 Å². The van der Waals surface area contributed by atoms with Gasteiger partial charge < -0.3 is 9.80 Å². The fraction of sp³-hybridized carbons (Fsp3) is 0.545. The van der Waals surface area contributed by atoms with E-state index in [0.29, 0.717) is 23.3 Å². The molecule has 1 amide bonds. The lowest BCUT2D eigenvalue weighted by atomic mass is 10.1. The van der Waals surface area contributed by atoms with Crippen molar-refractivity contribution in [3.8, 4) is 0 Å². The SMILES string of the molecule is CN1C[C@@H](CN(C)c2ncc(Cl)cn2)CC1=O. The van der Waals surface area contributed by atoms with E-state index in [1.54, 1.807) is 17.3 Å². The van der Waals surface area contributed by atoms with E-state index >= 15 is 0 Å². The van der Waals surface area contributed by atoms with E-state index in [0.717, 1.165) is 13.1 Å². The Morgan fingerprint density at radius 3 is 2.71 bits per heavy atom. The first kappa shape index (κ1) is 12.1. The summed E-state index contributed by atoms with van der Waals surface area (Å²) in [5.41, 5.74) is 0. The third-order valence-corrected chi connectivity index (χ3v) is 3.10. The molecule has 0 N–H and O–H groups in total. The Hall–Kier alpha value is -1.36. The zero-order valence-corrected chi connectivity index (χ0v) is 10.7. The summed E-state index contributed by atoms with van der Waals surface area (Å²) in [5.74, 6) is 1.19. The van der Waals surface area contributed by atoms with Gasteiger partial charge in [0.25, 0.3) is 0 Å². The first-order chi connectivity index (χ1) is 8.06. The molecular weight excluding hydrogens is 240 g/mol. The highest BCUT2D eigenvalue weighted by Crippen LogP contribution is 2.18. The van der Waals surface area contributed by atoms with Gasteiger partial charge in [0.1, 0.15) is 0 Å². The van der Waals surface area contributed by atoms with Crippen LogP contribution in [0.25, 0.3) is 0 Å². The number of carbonyl (C=O) groups is 1. The highest BCUT2D eigenvalue weighted by molar-refractivity contribution is 6.30. The minimum atomic E-state index is 0.209. The van der Waals surface area contributed by atoms with Crippen LogP contribution in [0, 0.1) is 5.92 Å². The molecule has 0 unspecified atom stereocenters. The molecule has 5 nitrogen and oxygen atoms in total. The van der Waals surface area contributed by atoms with Crippen LogP contribution in [-0.4, -0.2) is 48.0 Å². The van der Waals surface area contributed by atoms with Gasteiger partial charge in [0.15, 0.2) is 0 Å². The van der Waals surface area contributed by atoms with Gasteiger partial charge in [0.05, 0.1) is 17.4 Å². The van der Waals surface area contributed by atoms with Gasteiger partial charge in [-0.1, -0.05) is 11.6 Å². The summed E-state index contributed by atoms with van der Waals surface area (Å²) >= 11 is 5.73. The van der Waals surface area contributed by atoms with E-state index < -0.39 is 0 Å². The zero-order valence-electron chi connectivity index (χ0n) is 9.93. The molecule has 1 aromatic heterocycles. The van der Waals surface area contributed by atoms with Gasteiger partial charge in [-0.2, -0.15) is 0 Å². The Kier molecular flexibility index (Phi) is 3.47. The second-order valence-corrected chi connectivity index (χ2v) is 4.86. The fourth-order valence-corrected chi connectivity index (χ4v) is 2.15. The predicted octanol–water partition coefficient (Wildman–Crippen LogP) is 1.04. The van der Waals surface area contributed by atoms with E-state index in [9.17, 15) is 4.79 Å². The maximum atomic E-state index is 11.4. The number of aromatic nitrogens is 2. The summed E-state index contributed by atoms with van der Waals surface area (Å²) in [6, 6.07) is 0. The molecule has 1 fully saturated rings. The molecule has 0 spiro atoms. The normalized spacial score (nSPS) is 19.8. The largest absolute Gasteiger partial charge is 0.345 e. The molecule has 2 rings (SSSR count). The van der Waals surface area contributed by atoms with Crippen molar-refractivity contribution in [1.29, 1.82) is 0 Å². The maximum absolute atomic E-state index is 11.4. The van der Waals surface area contributed by atoms with Crippen molar-refractivity contribution in [2.45, 2.75) is 6.42 Å². The Morgan fingerprint density at radius 2 is 2.18 bits per heavy atom. The van der Waals surface area contributed by atoms with Crippen molar-refractivity contribution in [3.05, 3.63) is 17.4 Å². The molecule has 1 aliphatic heterocycles. The van der Waals surface area contributed by atoms with E-state index in [4.69, 9.17) is 11.6 Å². The molecule has 0 bridgehead atoms. The van der Waals surface area contributed by atoms with Gasteiger partial charge in [-0.3, -0.25) is 4.79 Å². The minimum absolute atomic E-state index is 0.209. The van der Waals surface area contributed by atoms with Crippen LogP contribution < -0.4 is 4.90 Å². The van der Waals surface area contributed by atoms with Crippen LogP contribution in [0.2, 0.25) is 5.02 Å². The number of hydrogen-bond acceptors (Lipinski definition) is 4. The Balaban J connectivity index is 1.95. The standard InChI is InChI=1S/C11H15ClN4O/c1-15-6-8(3-10(15)17)7-16(2)11-13-4-9(12)5-14-11/h4-5,8H,3,6-7H2,1-2H3/t8-/m0/s1. The van der Waals surface area contributed by atoms with Crippen LogP contribution in [0.15, 0.2) is 12.4 Å². The van der Waals surface area contributed by atoms with Crippen molar-refractivity contribution < 1.29 is 4.79 Å². The summed E-state index contributed by atoms with van der Waals surface area (Å²) in [7, 11) is 3.76. The van der Waals surface area contributed by atoms with Crippen LogP contribution in [0.5, 0.6) is 0 Å². The molecule has 2 heterocycles. The zero-order chi connectivity index (χ0) is 12.4. The second-order valence-electron chi connectivity index (χ2n) is 4.43. The van der Waals surface area contributed by atoms with E-state index in [2.05, 4.69) is 9.97 Å². The maximum Gasteiger partial charge on any atom is 0.225 e. The summed E-state index contributed by atoms with van der Waals surface area (Å²) in [4.78, 5) is 23.4. The number of rotatable bonds is 3. The average molecular weight is 255 g/mol. The third kappa shape index (κ3) is 2.85. The average Bonchev–Trinajstić information content (AvgIpc) is 2.58. The van der Waals surface area contributed by atoms with Crippen LogP contribution >= 0.6 is 11.6 Å². The van der Waals surface area contributed by atoms with Crippen LogP contribution in [-0.2, 0) is 4.79 Å². The topological polar surface area (TPSA) is 49.3 Å². The second kappa shape index (κ2) is 4.87. The van der Waals surface area contributed by atoms with Gasteiger partial charge in [-0.25, -0.2) is 9.97 Å². The van der Waals surface area contributed by atoms with E-state index in [1.165, 1.54) is 0 Å². The summed E-state index contributed by atoms with van der Waals surface area (Å²) in [6.07, 6.45) is 3.76. The lowest BCUT2D eigenvalue weighted by Gasteiger charge is -2.20. The van der Waals surface area contributed by atoms with Crippen LogP contribution in [0.4, 0.5) is 5.95 Å².